The largest absolute Gasteiger partial charge is 0.324 e. The number of amides is 2. The van der Waals surface area contributed by atoms with Crippen LogP contribution in [0.4, 0.5) is 5.69 Å². The number of anilines is 1. The van der Waals surface area contributed by atoms with Gasteiger partial charge < -0.3 is 10.2 Å². The fourth-order valence-electron chi connectivity index (χ4n) is 3.17. The van der Waals surface area contributed by atoms with E-state index in [0.717, 1.165) is 33.6 Å². The van der Waals surface area contributed by atoms with Gasteiger partial charge in [0, 0.05) is 5.69 Å². The van der Waals surface area contributed by atoms with Crippen LogP contribution in [0, 0.1) is 20.8 Å². The quantitative estimate of drug-likeness (QED) is 0.885. The van der Waals surface area contributed by atoms with Crippen LogP contribution in [0.2, 0.25) is 0 Å². The zero-order valence-electron chi connectivity index (χ0n) is 15.2. The van der Waals surface area contributed by atoms with Crippen molar-refractivity contribution in [1.29, 1.82) is 0 Å². The number of hydrogen-bond acceptors (Lipinski definition) is 3. The molecule has 0 bridgehead atoms. The van der Waals surface area contributed by atoms with E-state index in [0.29, 0.717) is 5.75 Å². The van der Waals surface area contributed by atoms with Crippen molar-refractivity contribution in [2.75, 3.05) is 17.6 Å². The summed E-state index contributed by atoms with van der Waals surface area (Å²) >= 11 is 1.46. The van der Waals surface area contributed by atoms with Crippen LogP contribution in [0.15, 0.2) is 47.9 Å². The smallest absolute Gasteiger partial charge is 0.244 e. The Morgan fingerprint density at radius 2 is 1.77 bits per heavy atom. The van der Waals surface area contributed by atoms with Gasteiger partial charge in [-0.25, -0.2) is 0 Å². The number of carbonyl (C=O) groups is 2. The SMILES string of the molecule is Cc1cc(C)c(NC(=O)CN2C(=O)CSC=C2c2ccccc2)c(C)c1. The average molecular weight is 366 g/mol. The van der Waals surface area contributed by atoms with Gasteiger partial charge in [0.05, 0.1) is 11.4 Å². The first-order valence-electron chi connectivity index (χ1n) is 8.51. The normalized spacial score (nSPS) is 14.2. The van der Waals surface area contributed by atoms with Gasteiger partial charge in [0.25, 0.3) is 0 Å². The topological polar surface area (TPSA) is 49.4 Å². The first-order chi connectivity index (χ1) is 12.5. The maximum absolute atomic E-state index is 12.7. The number of aryl methyl sites for hydroxylation is 3. The van der Waals surface area contributed by atoms with Crippen LogP contribution in [-0.2, 0) is 9.59 Å². The van der Waals surface area contributed by atoms with E-state index >= 15 is 0 Å². The van der Waals surface area contributed by atoms with E-state index in [-0.39, 0.29) is 18.4 Å². The Labute approximate surface area is 158 Å². The number of rotatable bonds is 4. The highest BCUT2D eigenvalue weighted by Crippen LogP contribution is 2.28. The lowest BCUT2D eigenvalue weighted by Gasteiger charge is -2.28. The molecule has 0 saturated carbocycles. The minimum atomic E-state index is -0.192. The van der Waals surface area contributed by atoms with Crippen molar-refractivity contribution in [3.63, 3.8) is 0 Å². The van der Waals surface area contributed by atoms with Crippen LogP contribution < -0.4 is 5.32 Å². The van der Waals surface area contributed by atoms with Crippen LogP contribution in [0.25, 0.3) is 5.70 Å². The van der Waals surface area contributed by atoms with Crippen molar-refractivity contribution in [2.45, 2.75) is 20.8 Å². The lowest BCUT2D eigenvalue weighted by atomic mass is 10.1. The molecule has 3 rings (SSSR count). The molecule has 0 unspecified atom stereocenters. The summed E-state index contributed by atoms with van der Waals surface area (Å²) in [6.07, 6.45) is 0. The summed E-state index contributed by atoms with van der Waals surface area (Å²) in [6.45, 7) is 6.00. The molecule has 2 aromatic rings. The summed E-state index contributed by atoms with van der Waals surface area (Å²) in [4.78, 5) is 26.7. The standard InChI is InChI=1S/C21H22N2O2S/c1-14-9-15(2)21(16(3)10-14)22-19(24)11-23-18(12-26-13-20(23)25)17-7-5-4-6-8-17/h4-10,12H,11,13H2,1-3H3,(H,22,24). The van der Waals surface area contributed by atoms with Crippen LogP contribution in [0.5, 0.6) is 0 Å². The van der Waals surface area contributed by atoms with Gasteiger partial charge in [0.15, 0.2) is 0 Å². The van der Waals surface area contributed by atoms with Crippen molar-refractivity contribution in [3.05, 3.63) is 70.1 Å². The first kappa shape index (κ1) is 18.3. The van der Waals surface area contributed by atoms with Crippen molar-refractivity contribution in [3.8, 4) is 0 Å². The van der Waals surface area contributed by atoms with Gasteiger partial charge >= 0.3 is 0 Å². The van der Waals surface area contributed by atoms with E-state index in [2.05, 4.69) is 5.32 Å². The Bertz CT molecular complexity index is 852. The molecule has 0 saturated heterocycles. The summed E-state index contributed by atoms with van der Waals surface area (Å²) in [5.74, 6) is 0.109. The van der Waals surface area contributed by atoms with Gasteiger partial charge in [0.1, 0.15) is 6.54 Å². The van der Waals surface area contributed by atoms with Gasteiger partial charge in [-0.05, 0) is 42.9 Å². The molecule has 0 radical (unpaired) electrons. The van der Waals surface area contributed by atoms with Gasteiger partial charge in [-0.15, -0.1) is 11.8 Å². The molecule has 2 amide bonds. The third-order valence-corrected chi connectivity index (χ3v) is 5.11. The monoisotopic (exact) mass is 366 g/mol. The van der Waals surface area contributed by atoms with E-state index in [4.69, 9.17) is 0 Å². The van der Waals surface area contributed by atoms with Crippen LogP contribution in [0.1, 0.15) is 22.3 Å². The summed E-state index contributed by atoms with van der Waals surface area (Å²) in [6, 6.07) is 13.8. The molecular weight excluding hydrogens is 344 g/mol. The van der Waals surface area contributed by atoms with Crippen molar-refractivity contribution in [2.24, 2.45) is 0 Å². The van der Waals surface area contributed by atoms with Gasteiger partial charge in [-0.1, -0.05) is 48.0 Å². The molecule has 0 spiro atoms. The Morgan fingerprint density at radius 3 is 2.42 bits per heavy atom. The summed E-state index contributed by atoms with van der Waals surface area (Å²) < 4.78 is 0. The second kappa shape index (κ2) is 7.79. The maximum atomic E-state index is 12.7. The van der Waals surface area contributed by atoms with Gasteiger partial charge in [0.2, 0.25) is 11.8 Å². The number of nitrogens with one attached hydrogen (secondary N) is 1. The third-order valence-electron chi connectivity index (χ3n) is 4.31. The van der Waals surface area contributed by atoms with Crippen molar-refractivity contribution >= 4 is 35.0 Å². The number of carbonyl (C=O) groups excluding carboxylic acids is 2. The second-order valence-electron chi connectivity index (χ2n) is 6.48. The fraction of sp³-hybridized carbons (Fsp3) is 0.238. The van der Waals surface area contributed by atoms with E-state index in [1.165, 1.54) is 11.8 Å². The minimum Gasteiger partial charge on any atom is -0.324 e. The van der Waals surface area contributed by atoms with Crippen LogP contribution >= 0.6 is 11.8 Å². The fourth-order valence-corrected chi connectivity index (χ4v) is 3.98. The summed E-state index contributed by atoms with van der Waals surface area (Å²) in [7, 11) is 0. The Hall–Kier alpha value is -2.53. The third kappa shape index (κ3) is 3.99. The molecule has 2 aromatic carbocycles. The first-order valence-corrected chi connectivity index (χ1v) is 9.56. The molecule has 0 atom stereocenters. The van der Waals surface area contributed by atoms with Gasteiger partial charge in [-0.2, -0.15) is 0 Å². The molecule has 0 aliphatic carbocycles. The van der Waals surface area contributed by atoms with Gasteiger partial charge in [-0.3, -0.25) is 9.59 Å². The van der Waals surface area contributed by atoms with Crippen molar-refractivity contribution < 1.29 is 9.59 Å². The van der Waals surface area contributed by atoms with Crippen molar-refractivity contribution in [1.82, 2.24) is 4.90 Å². The van der Waals surface area contributed by atoms with Crippen LogP contribution in [0.3, 0.4) is 0 Å². The average Bonchev–Trinajstić information content (AvgIpc) is 2.60. The van der Waals surface area contributed by atoms with E-state index in [1.54, 1.807) is 4.90 Å². The molecule has 26 heavy (non-hydrogen) atoms. The highest BCUT2D eigenvalue weighted by atomic mass is 32.2. The number of benzene rings is 2. The lowest BCUT2D eigenvalue weighted by molar-refractivity contribution is -0.129. The predicted molar refractivity (Wildman–Crippen MR) is 108 cm³/mol. The molecule has 1 heterocycles. The Balaban J connectivity index is 1.80. The molecule has 5 heteroatoms. The minimum absolute atomic E-state index is 0.00682. The number of nitrogens with zero attached hydrogens (tertiary/aromatic N) is 1. The molecule has 1 N–H and O–H groups in total. The Morgan fingerprint density at radius 1 is 1.12 bits per heavy atom. The molecular formula is C21H22N2O2S. The zero-order chi connectivity index (χ0) is 18.7. The molecule has 1 aliphatic heterocycles. The number of hydrogen-bond donors (Lipinski definition) is 1. The molecule has 0 aromatic heterocycles. The predicted octanol–water partition coefficient (Wildman–Crippen LogP) is 4.12. The number of thioether (sulfide) groups is 1. The summed E-state index contributed by atoms with van der Waals surface area (Å²) in [5, 5.41) is 4.93. The highest BCUT2D eigenvalue weighted by molar-refractivity contribution is 8.03. The lowest BCUT2D eigenvalue weighted by Crippen LogP contribution is -2.39. The maximum Gasteiger partial charge on any atom is 0.244 e. The van der Waals surface area contributed by atoms with E-state index < -0.39 is 0 Å². The Kier molecular flexibility index (Phi) is 5.47. The second-order valence-corrected chi connectivity index (χ2v) is 7.34. The molecule has 134 valence electrons. The van der Waals surface area contributed by atoms with Crippen LogP contribution in [-0.4, -0.2) is 29.0 Å². The zero-order valence-corrected chi connectivity index (χ0v) is 16.0. The highest BCUT2D eigenvalue weighted by Gasteiger charge is 2.25. The summed E-state index contributed by atoms with van der Waals surface area (Å²) in [5.41, 5.74) is 5.74. The molecule has 4 nitrogen and oxygen atoms in total. The van der Waals surface area contributed by atoms with E-state index in [1.807, 2.05) is 68.6 Å². The molecule has 1 aliphatic rings. The van der Waals surface area contributed by atoms with E-state index in [9.17, 15) is 9.59 Å². The molecule has 0 fully saturated rings.